The van der Waals surface area contributed by atoms with Gasteiger partial charge in [-0.05, 0) is 24.8 Å². The average Bonchev–Trinajstić information content (AvgIpc) is 2.44. The van der Waals surface area contributed by atoms with Gasteiger partial charge in [-0.2, -0.15) is 4.39 Å². The summed E-state index contributed by atoms with van der Waals surface area (Å²) in [5.41, 5.74) is 0.338. The second-order valence-electron chi connectivity index (χ2n) is 5.27. The Hall–Kier alpha value is -1.45. The number of aromatic nitrogens is 1. The Balaban J connectivity index is 1.66. The molecule has 3 nitrogen and oxygen atoms in total. The van der Waals surface area contributed by atoms with Gasteiger partial charge in [-0.25, -0.2) is 4.98 Å². The number of hydrogen-bond acceptors (Lipinski definition) is 2. The van der Waals surface area contributed by atoms with E-state index in [1.165, 1.54) is 50.8 Å². The van der Waals surface area contributed by atoms with Crippen molar-refractivity contribution in [1.82, 2.24) is 10.3 Å². The van der Waals surface area contributed by atoms with Crippen LogP contribution in [0.5, 0.6) is 0 Å². The fourth-order valence-electron chi connectivity index (χ4n) is 2.71. The van der Waals surface area contributed by atoms with Crippen molar-refractivity contribution in [3.8, 4) is 0 Å². The molecule has 0 aliphatic heterocycles. The van der Waals surface area contributed by atoms with Crippen molar-refractivity contribution in [2.75, 3.05) is 6.54 Å². The van der Waals surface area contributed by atoms with E-state index in [1.807, 2.05) is 0 Å². The topological polar surface area (TPSA) is 42.0 Å². The van der Waals surface area contributed by atoms with Crippen molar-refractivity contribution in [3.05, 3.63) is 29.8 Å². The molecule has 1 aliphatic rings. The van der Waals surface area contributed by atoms with Crippen LogP contribution in [-0.4, -0.2) is 17.4 Å². The SMILES string of the molecule is O=C(NCCCC1CCCCC1)c1ccnc(F)c1. The number of carbonyl (C=O) groups is 1. The van der Waals surface area contributed by atoms with Crippen molar-refractivity contribution in [1.29, 1.82) is 0 Å². The van der Waals surface area contributed by atoms with E-state index >= 15 is 0 Å². The second kappa shape index (κ2) is 7.22. The second-order valence-corrected chi connectivity index (χ2v) is 5.27. The summed E-state index contributed by atoms with van der Waals surface area (Å²) < 4.78 is 12.9. The summed E-state index contributed by atoms with van der Waals surface area (Å²) in [6.45, 7) is 0.666. The van der Waals surface area contributed by atoms with Crippen molar-refractivity contribution in [3.63, 3.8) is 0 Å². The first-order chi connectivity index (χ1) is 9.25. The summed E-state index contributed by atoms with van der Waals surface area (Å²) in [5.74, 6) is 0.00354. The molecule has 0 spiro atoms. The lowest BCUT2D eigenvalue weighted by Gasteiger charge is -2.21. The highest BCUT2D eigenvalue weighted by Crippen LogP contribution is 2.26. The summed E-state index contributed by atoms with van der Waals surface area (Å²) in [4.78, 5) is 15.2. The van der Waals surface area contributed by atoms with E-state index in [9.17, 15) is 9.18 Å². The Morgan fingerprint density at radius 1 is 1.37 bits per heavy atom. The summed E-state index contributed by atoms with van der Waals surface area (Å²) in [6.07, 6.45) is 10.3. The van der Waals surface area contributed by atoms with Crippen LogP contribution in [0, 0.1) is 11.9 Å². The highest BCUT2D eigenvalue weighted by atomic mass is 19.1. The molecule has 0 atom stereocenters. The molecule has 0 unspecified atom stereocenters. The lowest BCUT2D eigenvalue weighted by molar-refractivity contribution is 0.0951. The van der Waals surface area contributed by atoms with Crippen LogP contribution >= 0.6 is 0 Å². The van der Waals surface area contributed by atoms with Crippen LogP contribution in [0.15, 0.2) is 18.3 Å². The maximum atomic E-state index is 12.9. The van der Waals surface area contributed by atoms with Gasteiger partial charge in [-0.3, -0.25) is 4.79 Å². The lowest BCUT2D eigenvalue weighted by atomic mass is 9.86. The monoisotopic (exact) mass is 264 g/mol. The van der Waals surface area contributed by atoms with E-state index < -0.39 is 5.95 Å². The van der Waals surface area contributed by atoms with Crippen LogP contribution in [0.25, 0.3) is 0 Å². The van der Waals surface area contributed by atoms with E-state index in [2.05, 4.69) is 10.3 Å². The summed E-state index contributed by atoms with van der Waals surface area (Å²) in [6, 6.07) is 2.69. The van der Waals surface area contributed by atoms with Gasteiger partial charge in [0.15, 0.2) is 0 Å². The molecular weight excluding hydrogens is 243 g/mol. The lowest BCUT2D eigenvalue weighted by Crippen LogP contribution is -2.25. The van der Waals surface area contributed by atoms with Gasteiger partial charge in [0.25, 0.3) is 5.91 Å². The van der Waals surface area contributed by atoms with Crippen LogP contribution in [0.2, 0.25) is 0 Å². The fourth-order valence-corrected chi connectivity index (χ4v) is 2.71. The molecule has 0 radical (unpaired) electrons. The predicted molar refractivity (Wildman–Crippen MR) is 72.3 cm³/mol. The molecule has 1 aliphatic carbocycles. The molecular formula is C15H21FN2O. The summed E-state index contributed by atoms with van der Waals surface area (Å²) >= 11 is 0. The minimum atomic E-state index is -0.616. The van der Waals surface area contributed by atoms with E-state index in [-0.39, 0.29) is 5.91 Å². The van der Waals surface area contributed by atoms with Gasteiger partial charge in [-0.1, -0.05) is 32.1 Å². The van der Waals surface area contributed by atoms with Gasteiger partial charge in [0.2, 0.25) is 5.95 Å². The molecule has 1 fully saturated rings. The maximum Gasteiger partial charge on any atom is 0.251 e. The smallest absolute Gasteiger partial charge is 0.251 e. The molecule has 1 aromatic rings. The number of carbonyl (C=O) groups excluding carboxylic acids is 1. The Kier molecular flexibility index (Phi) is 5.31. The van der Waals surface area contributed by atoms with Crippen LogP contribution in [0.4, 0.5) is 4.39 Å². The van der Waals surface area contributed by atoms with Crippen molar-refractivity contribution in [2.24, 2.45) is 5.92 Å². The molecule has 1 N–H and O–H groups in total. The Morgan fingerprint density at radius 3 is 2.89 bits per heavy atom. The van der Waals surface area contributed by atoms with E-state index in [1.54, 1.807) is 0 Å². The largest absolute Gasteiger partial charge is 0.352 e. The first-order valence-electron chi connectivity index (χ1n) is 7.15. The van der Waals surface area contributed by atoms with Gasteiger partial charge < -0.3 is 5.32 Å². The van der Waals surface area contributed by atoms with Crippen LogP contribution in [0.3, 0.4) is 0 Å². The molecule has 4 heteroatoms. The normalized spacial score (nSPS) is 16.3. The quantitative estimate of drug-likeness (QED) is 0.655. The average molecular weight is 264 g/mol. The predicted octanol–water partition coefficient (Wildman–Crippen LogP) is 3.31. The zero-order chi connectivity index (χ0) is 13.5. The van der Waals surface area contributed by atoms with Crippen molar-refractivity contribution < 1.29 is 9.18 Å². The molecule has 0 saturated heterocycles. The Morgan fingerprint density at radius 2 is 2.16 bits per heavy atom. The number of hydrogen-bond donors (Lipinski definition) is 1. The molecule has 1 heterocycles. The first-order valence-corrected chi connectivity index (χ1v) is 7.15. The fraction of sp³-hybridized carbons (Fsp3) is 0.600. The molecule has 0 bridgehead atoms. The Bertz CT molecular complexity index is 416. The zero-order valence-corrected chi connectivity index (χ0v) is 11.2. The van der Waals surface area contributed by atoms with Gasteiger partial charge in [-0.15, -0.1) is 0 Å². The number of halogens is 1. The third-order valence-corrected chi connectivity index (χ3v) is 3.79. The number of nitrogens with zero attached hydrogens (tertiary/aromatic N) is 1. The number of rotatable bonds is 5. The number of amides is 1. The van der Waals surface area contributed by atoms with E-state index in [0.29, 0.717) is 12.1 Å². The third-order valence-electron chi connectivity index (χ3n) is 3.79. The highest BCUT2D eigenvalue weighted by Gasteiger charge is 2.13. The van der Waals surface area contributed by atoms with Crippen LogP contribution in [-0.2, 0) is 0 Å². The molecule has 1 aromatic heterocycles. The van der Waals surface area contributed by atoms with Crippen LogP contribution < -0.4 is 5.32 Å². The number of nitrogens with one attached hydrogen (secondary N) is 1. The third kappa shape index (κ3) is 4.62. The van der Waals surface area contributed by atoms with Crippen LogP contribution in [0.1, 0.15) is 55.3 Å². The minimum absolute atomic E-state index is 0.218. The molecule has 1 saturated carbocycles. The van der Waals surface area contributed by atoms with Gasteiger partial charge in [0.05, 0.1) is 0 Å². The first kappa shape index (κ1) is 14.0. The molecule has 1 amide bonds. The van der Waals surface area contributed by atoms with Crippen molar-refractivity contribution in [2.45, 2.75) is 44.9 Å². The van der Waals surface area contributed by atoms with Gasteiger partial charge >= 0.3 is 0 Å². The zero-order valence-electron chi connectivity index (χ0n) is 11.2. The maximum absolute atomic E-state index is 12.9. The van der Waals surface area contributed by atoms with E-state index in [4.69, 9.17) is 0 Å². The Labute approximate surface area is 113 Å². The van der Waals surface area contributed by atoms with Crippen molar-refractivity contribution >= 4 is 5.91 Å². The summed E-state index contributed by atoms with van der Waals surface area (Å²) in [7, 11) is 0. The summed E-state index contributed by atoms with van der Waals surface area (Å²) in [5, 5.41) is 2.83. The number of pyridine rings is 1. The minimum Gasteiger partial charge on any atom is -0.352 e. The molecule has 104 valence electrons. The van der Waals surface area contributed by atoms with Gasteiger partial charge in [0.1, 0.15) is 0 Å². The molecule has 2 rings (SSSR count). The standard InChI is InChI=1S/C15H21FN2O/c16-14-11-13(8-10-17-14)15(19)18-9-4-7-12-5-2-1-3-6-12/h8,10-12H,1-7,9H2,(H,18,19). The highest BCUT2D eigenvalue weighted by molar-refractivity contribution is 5.93. The molecule has 0 aromatic carbocycles. The van der Waals surface area contributed by atoms with E-state index in [0.717, 1.165) is 18.4 Å². The van der Waals surface area contributed by atoms with Gasteiger partial charge in [0, 0.05) is 24.4 Å². The molecule has 19 heavy (non-hydrogen) atoms.